The van der Waals surface area contributed by atoms with Crippen LogP contribution < -0.4 is 16.0 Å². The van der Waals surface area contributed by atoms with Crippen LogP contribution in [0.3, 0.4) is 0 Å². The summed E-state index contributed by atoms with van der Waals surface area (Å²) in [6.07, 6.45) is 1.55. The van der Waals surface area contributed by atoms with Gasteiger partial charge in [0, 0.05) is 11.1 Å². The molecule has 3 rings (SSSR count). The van der Waals surface area contributed by atoms with E-state index in [-0.39, 0.29) is 24.4 Å². The lowest BCUT2D eigenvalue weighted by Gasteiger charge is -2.21. The van der Waals surface area contributed by atoms with E-state index < -0.39 is 6.04 Å². The maximum Gasteiger partial charge on any atom is 0.253 e. The monoisotopic (exact) mass is 425 g/mol. The third-order valence-electron chi connectivity index (χ3n) is 4.67. The van der Waals surface area contributed by atoms with Crippen molar-refractivity contribution in [3.8, 4) is 0 Å². The fraction of sp³-hybridized carbons (Fsp3) is 0.217. The quantitative estimate of drug-likeness (QED) is 0.494. The predicted octanol–water partition coefficient (Wildman–Crippen LogP) is 4.54. The fourth-order valence-corrected chi connectivity index (χ4v) is 3.23. The summed E-state index contributed by atoms with van der Waals surface area (Å²) in [6, 6.07) is 17.4. The molecule has 156 valence electrons. The number of hydrogen-bond acceptors (Lipinski definition) is 4. The van der Waals surface area contributed by atoms with Crippen molar-refractivity contribution in [3.05, 3.63) is 88.8 Å². The molecule has 2 amide bonds. The Hall–Kier alpha value is -3.09. The van der Waals surface area contributed by atoms with Crippen molar-refractivity contribution in [2.75, 3.05) is 5.32 Å². The number of benzene rings is 2. The van der Waals surface area contributed by atoms with E-state index in [9.17, 15) is 9.59 Å². The first-order chi connectivity index (χ1) is 14.4. The van der Waals surface area contributed by atoms with E-state index in [0.717, 1.165) is 5.56 Å². The number of furan rings is 1. The summed E-state index contributed by atoms with van der Waals surface area (Å²) >= 11 is 6.05. The molecule has 0 fully saturated rings. The Bertz CT molecular complexity index is 1000. The SMILES string of the molecule is CC(NC(C)c1cccc(Cl)c1)C(=O)Nc1ccccc1C(=O)NCc1ccco1. The van der Waals surface area contributed by atoms with Gasteiger partial charge in [0.15, 0.2) is 0 Å². The van der Waals surface area contributed by atoms with Crippen LogP contribution in [0.4, 0.5) is 5.69 Å². The van der Waals surface area contributed by atoms with E-state index in [1.54, 1.807) is 49.6 Å². The molecule has 6 nitrogen and oxygen atoms in total. The fourth-order valence-electron chi connectivity index (χ4n) is 3.03. The molecule has 3 aromatic rings. The molecule has 7 heteroatoms. The lowest BCUT2D eigenvalue weighted by molar-refractivity contribution is -0.117. The minimum absolute atomic E-state index is 0.0729. The second-order valence-electron chi connectivity index (χ2n) is 6.96. The Morgan fingerprint density at radius 2 is 1.83 bits per heavy atom. The molecule has 0 aliphatic rings. The van der Waals surface area contributed by atoms with Crippen molar-refractivity contribution in [1.29, 1.82) is 0 Å². The normalized spacial score (nSPS) is 12.8. The summed E-state index contributed by atoms with van der Waals surface area (Å²) in [5.74, 6) is 0.114. The molecular formula is C23H24ClN3O3. The smallest absolute Gasteiger partial charge is 0.253 e. The zero-order valence-corrected chi connectivity index (χ0v) is 17.6. The molecule has 2 unspecified atom stereocenters. The van der Waals surface area contributed by atoms with Gasteiger partial charge in [-0.3, -0.25) is 14.9 Å². The molecule has 3 N–H and O–H groups in total. The third kappa shape index (κ3) is 5.72. The topological polar surface area (TPSA) is 83.4 Å². The Kier molecular flexibility index (Phi) is 7.27. The number of hydrogen-bond donors (Lipinski definition) is 3. The molecule has 0 spiro atoms. The molecule has 0 saturated carbocycles. The molecule has 0 aliphatic carbocycles. The van der Waals surface area contributed by atoms with Gasteiger partial charge >= 0.3 is 0 Å². The van der Waals surface area contributed by atoms with Crippen LogP contribution in [0.15, 0.2) is 71.3 Å². The first-order valence-corrected chi connectivity index (χ1v) is 10.0. The van der Waals surface area contributed by atoms with Crippen LogP contribution >= 0.6 is 11.6 Å². The Morgan fingerprint density at radius 1 is 1.03 bits per heavy atom. The number of amides is 2. The number of nitrogens with one attached hydrogen (secondary N) is 3. The van der Waals surface area contributed by atoms with Crippen LogP contribution in [0.2, 0.25) is 5.02 Å². The number of anilines is 1. The van der Waals surface area contributed by atoms with Gasteiger partial charge in [0.2, 0.25) is 5.91 Å². The van der Waals surface area contributed by atoms with Gasteiger partial charge in [-0.15, -0.1) is 0 Å². The minimum Gasteiger partial charge on any atom is -0.467 e. The van der Waals surface area contributed by atoms with Crippen LogP contribution in [0.25, 0.3) is 0 Å². The number of halogens is 1. The van der Waals surface area contributed by atoms with Gasteiger partial charge in [-0.05, 0) is 55.8 Å². The molecule has 0 radical (unpaired) electrons. The van der Waals surface area contributed by atoms with Gasteiger partial charge in [0.05, 0.1) is 30.1 Å². The first-order valence-electron chi connectivity index (χ1n) is 9.66. The number of carbonyl (C=O) groups excluding carboxylic acids is 2. The van der Waals surface area contributed by atoms with Crippen LogP contribution in [0.5, 0.6) is 0 Å². The van der Waals surface area contributed by atoms with Crippen LogP contribution in [-0.4, -0.2) is 17.9 Å². The molecule has 0 bridgehead atoms. The zero-order chi connectivity index (χ0) is 21.5. The summed E-state index contributed by atoms with van der Waals surface area (Å²) in [6.45, 7) is 4.00. The first kappa shape index (κ1) is 21.6. The molecule has 1 aromatic heterocycles. The third-order valence-corrected chi connectivity index (χ3v) is 4.91. The average Bonchev–Trinajstić information content (AvgIpc) is 3.26. The highest BCUT2D eigenvalue weighted by molar-refractivity contribution is 6.30. The van der Waals surface area contributed by atoms with Gasteiger partial charge in [-0.2, -0.15) is 0 Å². The van der Waals surface area contributed by atoms with Gasteiger partial charge < -0.3 is 15.1 Å². The van der Waals surface area contributed by atoms with E-state index in [4.69, 9.17) is 16.0 Å². The highest BCUT2D eigenvalue weighted by Crippen LogP contribution is 2.19. The molecule has 2 atom stereocenters. The second kappa shape index (κ2) is 10.1. The Morgan fingerprint density at radius 3 is 2.57 bits per heavy atom. The van der Waals surface area contributed by atoms with Crippen LogP contribution in [0, 0.1) is 0 Å². The summed E-state index contributed by atoms with van der Waals surface area (Å²) in [4.78, 5) is 25.3. The Balaban J connectivity index is 1.62. The van der Waals surface area contributed by atoms with Gasteiger partial charge in [-0.25, -0.2) is 0 Å². The minimum atomic E-state index is -0.488. The molecule has 0 aliphatic heterocycles. The highest BCUT2D eigenvalue weighted by atomic mass is 35.5. The van der Waals surface area contributed by atoms with E-state index >= 15 is 0 Å². The van der Waals surface area contributed by atoms with Crippen molar-refractivity contribution >= 4 is 29.1 Å². The summed E-state index contributed by atoms with van der Waals surface area (Å²) in [5, 5.41) is 9.53. The van der Waals surface area contributed by atoms with Crippen molar-refractivity contribution in [3.63, 3.8) is 0 Å². The zero-order valence-electron chi connectivity index (χ0n) is 16.8. The van der Waals surface area contributed by atoms with Crippen molar-refractivity contribution in [2.45, 2.75) is 32.5 Å². The lowest BCUT2D eigenvalue weighted by atomic mass is 10.1. The second-order valence-corrected chi connectivity index (χ2v) is 7.40. The van der Waals surface area contributed by atoms with Gasteiger partial charge in [-0.1, -0.05) is 35.9 Å². The van der Waals surface area contributed by atoms with Crippen molar-refractivity contribution < 1.29 is 14.0 Å². The van der Waals surface area contributed by atoms with E-state index in [1.165, 1.54) is 0 Å². The molecule has 2 aromatic carbocycles. The summed E-state index contributed by atoms with van der Waals surface area (Å²) < 4.78 is 5.23. The van der Waals surface area contributed by atoms with Crippen LogP contribution in [-0.2, 0) is 11.3 Å². The van der Waals surface area contributed by atoms with E-state index in [2.05, 4.69) is 16.0 Å². The molecule has 30 heavy (non-hydrogen) atoms. The average molecular weight is 426 g/mol. The van der Waals surface area contributed by atoms with Gasteiger partial charge in [0.25, 0.3) is 5.91 Å². The molecule has 0 saturated heterocycles. The van der Waals surface area contributed by atoms with Crippen LogP contribution in [0.1, 0.15) is 41.6 Å². The molecular weight excluding hydrogens is 402 g/mol. The summed E-state index contributed by atoms with van der Waals surface area (Å²) in [5.41, 5.74) is 1.82. The van der Waals surface area contributed by atoms with E-state index in [1.807, 2.05) is 31.2 Å². The summed E-state index contributed by atoms with van der Waals surface area (Å²) in [7, 11) is 0. The predicted molar refractivity (Wildman–Crippen MR) is 117 cm³/mol. The largest absolute Gasteiger partial charge is 0.467 e. The number of para-hydroxylation sites is 1. The maximum absolute atomic E-state index is 12.7. The number of carbonyl (C=O) groups is 2. The highest BCUT2D eigenvalue weighted by Gasteiger charge is 2.19. The maximum atomic E-state index is 12.7. The standard InChI is InChI=1S/C23H24ClN3O3/c1-15(17-7-5-8-18(24)13-17)26-16(2)22(28)27-21-11-4-3-10-20(21)23(29)25-14-19-9-6-12-30-19/h3-13,15-16,26H,14H2,1-2H3,(H,25,29)(H,27,28). The van der Waals surface area contributed by atoms with Crippen molar-refractivity contribution in [1.82, 2.24) is 10.6 Å². The van der Waals surface area contributed by atoms with Gasteiger partial charge in [0.1, 0.15) is 5.76 Å². The Labute approximate surface area is 180 Å². The van der Waals surface area contributed by atoms with E-state index in [0.29, 0.717) is 22.0 Å². The molecule has 1 heterocycles. The number of rotatable bonds is 8. The lowest BCUT2D eigenvalue weighted by Crippen LogP contribution is -2.39. The van der Waals surface area contributed by atoms with Crippen molar-refractivity contribution in [2.24, 2.45) is 0 Å².